The van der Waals surface area contributed by atoms with E-state index < -0.39 is 7.12 Å². The Morgan fingerprint density at radius 3 is 2.50 bits per heavy atom. The zero-order chi connectivity index (χ0) is 12.0. The molecular formula is C10H13BO4S. The molecule has 0 fully saturated rings. The van der Waals surface area contributed by atoms with Crippen molar-refractivity contribution in [3.05, 3.63) is 24.3 Å². The first-order chi connectivity index (χ1) is 7.63. The van der Waals surface area contributed by atoms with Crippen LogP contribution < -0.4 is 5.46 Å². The average molecular weight is 240 g/mol. The Labute approximate surface area is 98.8 Å². The molecule has 0 saturated heterocycles. The number of benzene rings is 1. The van der Waals surface area contributed by atoms with Gasteiger partial charge in [-0.2, -0.15) is 0 Å². The Kier molecular flexibility index (Phi) is 5.38. The third-order valence-corrected chi connectivity index (χ3v) is 2.83. The van der Waals surface area contributed by atoms with Crippen LogP contribution in [0.5, 0.6) is 0 Å². The van der Waals surface area contributed by atoms with E-state index >= 15 is 0 Å². The SMILES string of the molecule is CCOC(=O)CSc1ccc(B(O)O)cc1. The molecule has 0 radical (unpaired) electrons. The highest BCUT2D eigenvalue weighted by Gasteiger charge is 2.10. The lowest BCUT2D eigenvalue weighted by Crippen LogP contribution is -2.29. The molecule has 0 aliphatic heterocycles. The van der Waals surface area contributed by atoms with Gasteiger partial charge in [-0.25, -0.2) is 0 Å². The lowest BCUT2D eigenvalue weighted by molar-refractivity contribution is -0.139. The summed E-state index contributed by atoms with van der Waals surface area (Å²) in [4.78, 5) is 12.0. The summed E-state index contributed by atoms with van der Waals surface area (Å²) in [6.07, 6.45) is 0. The quantitative estimate of drug-likeness (QED) is 0.431. The van der Waals surface area contributed by atoms with Gasteiger partial charge >= 0.3 is 13.1 Å². The van der Waals surface area contributed by atoms with Crippen molar-refractivity contribution < 1.29 is 19.6 Å². The average Bonchev–Trinajstić information content (AvgIpc) is 2.27. The third-order valence-electron chi connectivity index (χ3n) is 1.84. The van der Waals surface area contributed by atoms with Gasteiger partial charge in [0.2, 0.25) is 0 Å². The van der Waals surface area contributed by atoms with Crippen LogP contribution in [0.3, 0.4) is 0 Å². The topological polar surface area (TPSA) is 66.8 Å². The molecule has 1 aromatic carbocycles. The minimum absolute atomic E-state index is 0.251. The van der Waals surface area contributed by atoms with E-state index in [9.17, 15) is 4.79 Å². The van der Waals surface area contributed by atoms with Crippen LogP contribution in [0, 0.1) is 0 Å². The van der Waals surface area contributed by atoms with Gasteiger partial charge in [-0.05, 0) is 24.5 Å². The van der Waals surface area contributed by atoms with E-state index in [4.69, 9.17) is 14.8 Å². The van der Waals surface area contributed by atoms with Crippen molar-refractivity contribution in [1.29, 1.82) is 0 Å². The van der Waals surface area contributed by atoms with E-state index in [0.717, 1.165) is 4.90 Å². The normalized spacial score (nSPS) is 9.94. The van der Waals surface area contributed by atoms with Gasteiger partial charge < -0.3 is 14.8 Å². The predicted octanol–water partition coefficient (Wildman–Crippen LogP) is 0.0216. The minimum atomic E-state index is -1.45. The largest absolute Gasteiger partial charge is 0.488 e. The monoisotopic (exact) mass is 240 g/mol. The first-order valence-electron chi connectivity index (χ1n) is 4.88. The van der Waals surface area contributed by atoms with Crippen molar-refractivity contribution in [2.75, 3.05) is 12.4 Å². The van der Waals surface area contributed by atoms with Crippen LogP contribution in [0.25, 0.3) is 0 Å². The van der Waals surface area contributed by atoms with Gasteiger partial charge in [0.25, 0.3) is 0 Å². The summed E-state index contributed by atoms with van der Waals surface area (Å²) < 4.78 is 4.79. The van der Waals surface area contributed by atoms with E-state index in [1.807, 2.05) is 0 Å². The van der Waals surface area contributed by atoms with Gasteiger partial charge in [0.1, 0.15) is 0 Å². The van der Waals surface area contributed by atoms with Crippen molar-refractivity contribution in [2.24, 2.45) is 0 Å². The first-order valence-corrected chi connectivity index (χ1v) is 5.86. The molecule has 1 rings (SSSR count). The van der Waals surface area contributed by atoms with Crippen LogP contribution in [0.4, 0.5) is 0 Å². The Morgan fingerprint density at radius 1 is 1.38 bits per heavy atom. The van der Waals surface area contributed by atoms with Crippen LogP contribution in [-0.4, -0.2) is 35.5 Å². The van der Waals surface area contributed by atoms with E-state index in [1.54, 1.807) is 31.2 Å². The maximum Gasteiger partial charge on any atom is 0.488 e. The maximum atomic E-state index is 11.1. The molecule has 0 aliphatic rings. The molecule has 0 amide bonds. The zero-order valence-corrected chi connectivity index (χ0v) is 9.74. The molecule has 0 unspecified atom stereocenters. The molecule has 2 N–H and O–H groups in total. The lowest BCUT2D eigenvalue weighted by Gasteiger charge is -2.03. The van der Waals surface area contributed by atoms with Crippen LogP contribution in [0.1, 0.15) is 6.92 Å². The van der Waals surface area contributed by atoms with Crippen LogP contribution in [-0.2, 0) is 9.53 Å². The molecule has 0 aromatic heterocycles. The van der Waals surface area contributed by atoms with Gasteiger partial charge in [0, 0.05) is 4.90 Å². The van der Waals surface area contributed by atoms with E-state index in [0.29, 0.717) is 12.1 Å². The summed E-state index contributed by atoms with van der Waals surface area (Å²) >= 11 is 1.35. The number of hydrogen-bond acceptors (Lipinski definition) is 5. The number of carbonyl (C=O) groups is 1. The molecular weight excluding hydrogens is 227 g/mol. The van der Waals surface area contributed by atoms with Crippen molar-refractivity contribution >= 4 is 30.3 Å². The lowest BCUT2D eigenvalue weighted by atomic mass is 9.81. The fourth-order valence-corrected chi connectivity index (χ4v) is 1.78. The minimum Gasteiger partial charge on any atom is -0.465 e. The molecule has 0 aliphatic carbocycles. The standard InChI is InChI=1S/C10H13BO4S/c1-2-15-10(12)7-16-9-5-3-8(4-6-9)11(13)14/h3-6,13-14H,2,7H2,1H3. The molecule has 0 spiro atoms. The number of carbonyl (C=O) groups excluding carboxylic acids is 1. The smallest absolute Gasteiger partial charge is 0.465 e. The molecule has 0 bridgehead atoms. The molecule has 4 nitrogen and oxygen atoms in total. The van der Waals surface area contributed by atoms with Crippen molar-refractivity contribution in [2.45, 2.75) is 11.8 Å². The number of ether oxygens (including phenoxy) is 1. The van der Waals surface area contributed by atoms with E-state index in [1.165, 1.54) is 11.8 Å². The summed E-state index contributed by atoms with van der Waals surface area (Å²) in [6, 6.07) is 6.69. The highest BCUT2D eigenvalue weighted by Crippen LogP contribution is 2.16. The van der Waals surface area contributed by atoms with Crippen molar-refractivity contribution in [1.82, 2.24) is 0 Å². The number of esters is 1. The molecule has 1 aromatic rings. The molecule has 0 atom stereocenters. The van der Waals surface area contributed by atoms with Gasteiger partial charge in [-0.1, -0.05) is 12.1 Å². The van der Waals surface area contributed by atoms with Gasteiger partial charge in [0.15, 0.2) is 0 Å². The number of rotatable bonds is 5. The predicted molar refractivity (Wildman–Crippen MR) is 63.6 cm³/mol. The van der Waals surface area contributed by atoms with Gasteiger partial charge in [-0.3, -0.25) is 4.79 Å². The molecule has 86 valence electrons. The van der Waals surface area contributed by atoms with Crippen LogP contribution in [0.15, 0.2) is 29.2 Å². The fourth-order valence-electron chi connectivity index (χ4n) is 1.08. The third kappa shape index (κ3) is 4.26. The van der Waals surface area contributed by atoms with E-state index in [2.05, 4.69) is 0 Å². The van der Waals surface area contributed by atoms with Crippen LogP contribution in [0.2, 0.25) is 0 Å². The van der Waals surface area contributed by atoms with Crippen LogP contribution >= 0.6 is 11.8 Å². The Bertz CT molecular complexity index is 339. The van der Waals surface area contributed by atoms with E-state index in [-0.39, 0.29) is 11.7 Å². The van der Waals surface area contributed by atoms with Gasteiger partial charge in [0.05, 0.1) is 12.4 Å². The Hall–Kier alpha value is -0.975. The molecule has 0 saturated carbocycles. The second kappa shape index (κ2) is 6.57. The maximum absolute atomic E-state index is 11.1. The Morgan fingerprint density at radius 2 is 2.00 bits per heavy atom. The fraction of sp³-hybridized carbons (Fsp3) is 0.300. The van der Waals surface area contributed by atoms with Crippen molar-refractivity contribution in [3.8, 4) is 0 Å². The summed E-state index contributed by atoms with van der Waals surface area (Å²) in [6.45, 7) is 2.15. The summed E-state index contributed by atoms with van der Waals surface area (Å²) in [5, 5.41) is 17.8. The second-order valence-electron chi connectivity index (χ2n) is 3.04. The zero-order valence-electron chi connectivity index (χ0n) is 8.92. The summed E-state index contributed by atoms with van der Waals surface area (Å²) in [5.41, 5.74) is 0.431. The molecule has 0 heterocycles. The number of hydrogen-bond donors (Lipinski definition) is 2. The first kappa shape index (κ1) is 13.1. The summed E-state index contributed by atoms with van der Waals surface area (Å²) in [7, 11) is -1.45. The molecule has 16 heavy (non-hydrogen) atoms. The highest BCUT2D eigenvalue weighted by molar-refractivity contribution is 8.00. The van der Waals surface area contributed by atoms with Gasteiger partial charge in [-0.15, -0.1) is 11.8 Å². The van der Waals surface area contributed by atoms with Crippen molar-refractivity contribution in [3.63, 3.8) is 0 Å². The highest BCUT2D eigenvalue weighted by atomic mass is 32.2. The Balaban J connectivity index is 2.46. The second-order valence-corrected chi connectivity index (χ2v) is 4.09. The molecule has 6 heteroatoms. The number of thioether (sulfide) groups is 1. The summed E-state index contributed by atoms with van der Waals surface area (Å²) in [5.74, 6) is 0.00766.